The van der Waals surface area contributed by atoms with Gasteiger partial charge >= 0.3 is 0 Å². The third kappa shape index (κ3) is 5.59. The molecular formula is C27H26N4O5S. The summed E-state index contributed by atoms with van der Waals surface area (Å²) in [5.41, 5.74) is 5.11. The second kappa shape index (κ2) is 11.6. The number of carbonyl (C=O) groups excluding carboxylic acids is 1. The summed E-state index contributed by atoms with van der Waals surface area (Å²) in [6.07, 6.45) is 1.46. The average molecular weight is 519 g/mol. The van der Waals surface area contributed by atoms with Gasteiger partial charge in [0.15, 0.2) is 16.7 Å². The first kappa shape index (κ1) is 25.8. The van der Waals surface area contributed by atoms with Gasteiger partial charge in [-0.25, -0.2) is 10.4 Å². The third-order valence-corrected chi connectivity index (χ3v) is 6.50. The smallest absolute Gasteiger partial charge is 0.266 e. The molecule has 10 heteroatoms. The second-order valence-corrected chi connectivity index (χ2v) is 8.81. The average Bonchev–Trinajstić information content (AvgIpc) is 2.92. The molecule has 0 aliphatic carbocycles. The van der Waals surface area contributed by atoms with E-state index < -0.39 is 0 Å². The lowest BCUT2D eigenvalue weighted by Crippen LogP contribution is -2.24. The maximum absolute atomic E-state index is 13.4. The van der Waals surface area contributed by atoms with Crippen molar-refractivity contribution in [2.24, 2.45) is 5.10 Å². The molecule has 9 nitrogen and oxygen atoms in total. The van der Waals surface area contributed by atoms with Gasteiger partial charge in [-0.15, -0.1) is 0 Å². The van der Waals surface area contributed by atoms with Gasteiger partial charge in [0.05, 0.1) is 49.9 Å². The number of thioether (sulfide) groups is 1. The number of benzene rings is 3. The van der Waals surface area contributed by atoms with Gasteiger partial charge in [0.1, 0.15) is 5.75 Å². The van der Waals surface area contributed by atoms with Crippen molar-refractivity contribution < 1.29 is 19.0 Å². The molecule has 0 atom stereocenters. The van der Waals surface area contributed by atoms with E-state index in [2.05, 4.69) is 15.5 Å². The van der Waals surface area contributed by atoms with E-state index in [1.165, 1.54) is 27.5 Å². The van der Waals surface area contributed by atoms with Gasteiger partial charge in [-0.1, -0.05) is 42.1 Å². The molecule has 4 aromatic rings. The molecule has 1 amide bonds. The zero-order valence-corrected chi connectivity index (χ0v) is 21.7. The molecule has 3 aromatic carbocycles. The van der Waals surface area contributed by atoms with E-state index in [9.17, 15) is 9.59 Å². The van der Waals surface area contributed by atoms with Gasteiger partial charge in [-0.3, -0.25) is 14.2 Å². The minimum atomic E-state index is -0.362. The molecule has 1 aromatic heterocycles. The minimum absolute atomic E-state index is 0.00291. The number of para-hydroxylation sites is 2. The second-order valence-electron chi connectivity index (χ2n) is 7.87. The summed E-state index contributed by atoms with van der Waals surface area (Å²) in [5.74, 6) is 1.16. The summed E-state index contributed by atoms with van der Waals surface area (Å²) in [4.78, 5) is 30.7. The summed E-state index contributed by atoms with van der Waals surface area (Å²) in [7, 11) is 4.59. The lowest BCUT2D eigenvalue weighted by atomic mass is 10.2. The Morgan fingerprint density at radius 2 is 1.68 bits per heavy atom. The molecule has 0 spiro atoms. The van der Waals surface area contributed by atoms with Crippen molar-refractivity contribution in [3.8, 4) is 22.9 Å². The number of aromatic nitrogens is 2. The van der Waals surface area contributed by atoms with E-state index in [1.807, 2.05) is 37.3 Å². The Morgan fingerprint density at radius 3 is 2.41 bits per heavy atom. The number of methoxy groups -OCH3 is 3. The van der Waals surface area contributed by atoms with Crippen LogP contribution in [0.5, 0.6) is 17.2 Å². The van der Waals surface area contributed by atoms with Gasteiger partial charge in [0.25, 0.3) is 11.5 Å². The number of nitrogens with zero attached hydrogens (tertiary/aromatic N) is 3. The number of hydrazone groups is 1. The molecule has 0 saturated heterocycles. The van der Waals surface area contributed by atoms with Crippen LogP contribution in [0.4, 0.5) is 0 Å². The van der Waals surface area contributed by atoms with Crippen molar-refractivity contribution in [3.63, 3.8) is 0 Å². The molecular weight excluding hydrogens is 492 g/mol. The molecule has 0 bridgehead atoms. The Bertz CT molecular complexity index is 1530. The molecule has 0 fully saturated rings. The first-order valence-corrected chi connectivity index (χ1v) is 12.3. The lowest BCUT2D eigenvalue weighted by molar-refractivity contribution is -0.118. The number of aryl methyl sites for hydroxylation is 1. The molecule has 0 aliphatic heterocycles. The van der Waals surface area contributed by atoms with Crippen molar-refractivity contribution in [1.82, 2.24) is 15.0 Å². The van der Waals surface area contributed by atoms with Gasteiger partial charge in [-0.2, -0.15) is 5.10 Å². The highest BCUT2D eigenvalue weighted by molar-refractivity contribution is 7.99. The minimum Gasteiger partial charge on any atom is -0.496 e. The third-order valence-electron chi connectivity index (χ3n) is 5.56. The van der Waals surface area contributed by atoms with Crippen molar-refractivity contribution >= 4 is 34.8 Å². The van der Waals surface area contributed by atoms with Crippen LogP contribution in [0.25, 0.3) is 16.6 Å². The van der Waals surface area contributed by atoms with E-state index in [0.29, 0.717) is 44.6 Å². The van der Waals surface area contributed by atoms with E-state index in [1.54, 1.807) is 34.9 Å². The van der Waals surface area contributed by atoms with Crippen LogP contribution in [-0.2, 0) is 4.79 Å². The summed E-state index contributed by atoms with van der Waals surface area (Å²) in [6, 6.07) is 18.1. The predicted octanol–water partition coefficient (Wildman–Crippen LogP) is 3.96. The van der Waals surface area contributed by atoms with Crippen LogP contribution < -0.4 is 25.2 Å². The Balaban J connectivity index is 1.55. The lowest BCUT2D eigenvalue weighted by Gasteiger charge is -2.14. The highest BCUT2D eigenvalue weighted by Gasteiger charge is 2.16. The maximum atomic E-state index is 13.4. The summed E-state index contributed by atoms with van der Waals surface area (Å²) >= 11 is 1.16. The van der Waals surface area contributed by atoms with Crippen LogP contribution in [-0.4, -0.2) is 48.8 Å². The standard InChI is InChI=1S/C27H26N4O5S/c1-17-9-5-8-12-21(17)31-26(33)19-10-6-7-11-20(19)29-27(31)37-16-25(32)30-28-15-18-13-23(35-3)24(36-4)14-22(18)34-2/h5-15H,16H2,1-4H3,(H,30,32)/b28-15-. The van der Waals surface area contributed by atoms with Crippen LogP contribution in [0.15, 0.2) is 75.7 Å². The Morgan fingerprint density at radius 1 is 1.00 bits per heavy atom. The first-order valence-electron chi connectivity index (χ1n) is 11.3. The Kier molecular flexibility index (Phi) is 8.09. The predicted molar refractivity (Wildman–Crippen MR) is 145 cm³/mol. The molecule has 1 heterocycles. The van der Waals surface area contributed by atoms with Crippen molar-refractivity contribution in [2.75, 3.05) is 27.1 Å². The normalized spacial score (nSPS) is 11.0. The van der Waals surface area contributed by atoms with Crippen molar-refractivity contribution in [1.29, 1.82) is 0 Å². The number of amides is 1. The van der Waals surface area contributed by atoms with E-state index >= 15 is 0 Å². The molecule has 37 heavy (non-hydrogen) atoms. The molecule has 0 aliphatic rings. The van der Waals surface area contributed by atoms with Crippen LogP contribution in [0.3, 0.4) is 0 Å². The SMILES string of the molecule is COc1cc(OC)c(OC)cc1/C=N\NC(=O)CSc1nc2ccccc2c(=O)n1-c1ccccc1C. The van der Waals surface area contributed by atoms with Crippen LogP contribution in [0, 0.1) is 6.92 Å². The van der Waals surface area contributed by atoms with E-state index in [-0.39, 0.29) is 17.2 Å². The zero-order chi connectivity index (χ0) is 26.4. The zero-order valence-electron chi connectivity index (χ0n) is 20.8. The van der Waals surface area contributed by atoms with E-state index in [0.717, 1.165) is 17.3 Å². The number of fused-ring (bicyclic) bond motifs is 1. The molecule has 0 unspecified atom stereocenters. The van der Waals surface area contributed by atoms with Crippen LogP contribution in [0.2, 0.25) is 0 Å². The maximum Gasteiger partial charge on any atom is 0.266 e. The Labute approximate surface area is 218 Å². The summed E-state index contributed by atoms with van der Waals surface area (Å²) in [5, 5.41) is 4.98. The van der Waals surface area contributed by atoms with E-state index in [4.69, 9.17) is 14.2 Å². The van der Waals surface area contributed by atoms with Gasteiger partial charge in [-0.05, 0) is 36.8 Å². The molecule has 1 N–H and O–H groups in total. The van der Waals surface area contributed by atoms with Crippen LogP contribution in [0.1, 0.15) is 11.1 Å². The highest BCUT2D eigenvalue weighted by Crippen LogP contribution is 2.33. The fourth-order valence-corrected chi connectivity index (χ4v) is 4.52. The number of carbonyl (C=O) groups is 1. The summed E-state index contributed by atoms with van der Waals surface area (Å²) < 4.78 is 17.5. The molecule has 4 rings (SSSR count). The largest absolute Gasteiger partial charge is 0.496 e. The Hall–Kier alpha value is -4.31. The van der Waals surface area contributed by atoms with Crippen molar-refractivity contribution in [2.45, 2.75) is 12.1 Å². The van der Waals surface area contributed by atoms with Gasteiger partial charge in [0.2, 0.25) is 0 Å². The number of rotatable bonds is 9. The number of nitrogens with one attached hydrogen (secondary N) is 1. The van der Waals surface area contributed by atoms with Crippen LogP contribution >= 0.6 is 11.8 Å². The number of hydrogen-bond acceptors (Lipinski definition) is 8. The fraction of sp³-hybridized carbons (Fsp3) is 0.185. The fourth-order valence-electron chi connectivity index (χ4n) is 3.73. The highest BCUT2D eigenvalue weighted by atomic mass is 32.2. The molecule has 0 saturated carbocycles. The van der Waals surface area contributed by atoms with Gasteiger partial charge in [0, 0.05) is 11.6 Å². The first-order chi connectivity index (χ1) is 18.0. The van der Waals surface area contributed by atoms with Gasteiger partial charge < -0.3 is 14.2 Å². The molecule has 0 radical (unpaired) electrons. The monoisotopic (exact) mass is 518 g/mol. The van der Waals surface area contributed by atoms with Crippen molar-refractivity contribution in [3.05, 3.63) is 82.1 Å². The quantitative estimate of drug-likeness (QED) is 0.155. The number of ether oxygens (including phenoxy) is 3. The summed E-state index contributed by atoms with van der Waals surface area (Å²) in [6.45, 7) is 1.93. The number of hydrogen-bond donors (Lipinski definition) is 1. The molecule has 190 valence electrons. The topological polar surface area (TPSA) is 104 Å².